The number of rotatable bonds is 4. The molecule has 1 aromatic carbocycles. The van der Waals surface area contributed by atoms with Crippen molar-refractivity contribution in [2.75, 3.05) is 13.2 Å². The first-order chi connectivity index (χ1) is 12.0. The Morgan fingerprint density at radius 1 is 1.32 bits per heavy atom. The molecule has 0 spiro atoms. The van der Waals surface area contributed by atoms with Gasteiger partial charge in [-0.25, -0.2) is 0 Å². The highest BCUT2D eigenvalue weighted by atomic mass is 16.6. The van der Waals surface area contributed by atoms with Crippen molar-refractivity contribution in [3.8, 4) is 11.5 Å². The van der Waals surface area contributed by atoms with Crippen molar-refractivity contribution in [1.82, 2.24) is 15.1 Å². The van der Waals surface area contributed by atoms with Gasteiger partial charge in [-0.15, -0.1) is 0 Å². The van der Waals surface area contributed by atoms with Crippen LogP contribution in [0.4, 0.5) is 0 Å². The van der Waals surface area contributed by atoms with E-state index in [9.17, 15) is 4.79 Å². The molecule has 2 heterocycles. The van der Waals surface area contributed by atoms with E-state index < -0.39 is 0 Å². The summed E-state index contributed by atoms with van der Waals surface area (Å²) in [5.74, 6) is 1.97. The van der Waals surface area contributed by atoms with E-state index in [-0.39, 0.29) is 23.8 Å². The van der Waals surface area contributed by atoms with Crippen LogP contribution in [0.2, 0.25) is 0 Å². The Kier molecular flexibility index (Phi) is 3.90. The van der Waals surface area contributed by atoms with Crippen LogP contribution in [0.5, 0.6) is 11.5 Å². The summed E-state index contributed by atoms with van der Waals surface area (Å²) in [6.07, 6.45) is 2.84. The normalized spacial score (nSPS) is 22.4. The lowest BCUT2D eigenvalue weighted by molar-refractivity contribution is -0.123. The molecule has 1 aromatic heterocycles. The highest BCUT2D eigenvalue weighted by molar-refractivity contribution is 5.83. The van der Waals surface area contributed by atoms with Crippen LogP contribution in [0.1, 0.15) is 42.1 Å². The van der Waals surface area contributed by atoms with Crippen LogP contribution < -0.4 is 14.8 Å². The molecule has 4 rings (SSSR count). The molecule has 1 fully saturated rings. The molecule has 0 saturated heterocycles. The van der Waals surface area contributed by atoms with Gasteiger partial charge in [0.2, 0.25) is 5.91 Å². The molecule has 1 N–H and O–H groups in total. The quantitative estimate of drug-likeness (QED) is 0.928. The second-order valence-electron chi connectivity index (χ2n) is 6.93. The van der Waals surface area contributed by atoms with E-state index >= 15 is 0 Å². The zero-order chi connectivity index (χ0) is 17.6. The Bertz CT molecular complexity index is 814. The Labute approximate surface area is 147 Å². The minimum absolute atomic E-state index is 0.0296. The highest BCUT2D eigenvalue weighted by Crippen LogP contribution is 2.49. The third-order valence-corrected chi connectivity index (χ3v) is 5.00. The van der Waals surface area contributed by atoms with Gasteiger partial charge in [-0.2, -0.15) is 5.10 Å². The Hall–Kier alpha value is -2.50. The van der Waals surface area contributed by atoms with Crippen LogP contribution in [-0.4, -0.2) is 28.9 Å². The van der Waals surface area contributed by atoms with Crippen LogP contribution in [0.25, 0.3) is 0 Å². The predicted molar refractivity (Wildman–Crippen MR) is 92.8 cm³/mol. The van der Waals surface area contributed by atoms with Gasteiger partial charge in [0.25, 0.3) is 0 Å². The summed E-state index contributed by atoms with van der Waals surface area (Å²) in [6.45, 7) is 5.13. The number of fused-ring (bicyclic) bond motifs is 1. The van der Waals surface area contributed by atoms with Gasteiger partial charge in [-0.05, 0) is 43.9 Å². The maximum Gasteiger partial charge on any atom is 0.224 e. The predicted octanol–water partition coefficient (Wildman–Crippen LogP) is 2.48. The average molecular weight is 341 g/mol. The number of ether oxygens (including phenoxy) is 2. The zero-order valence-electron chi connectivity index (χ0n) is 14.8. The van der Waals surface area contributed by atoms with Gasteiger partial charge in [0.05, 0.1) is 11.7 Å². The second-order valence-corrected chi connectivity index (χ2v) is 6.93. The number of hydrogen-bond acceptors (Lipinski definition) is 4. The number of hydrogen-bond donors (Lipinski definition) is 1. The molecule has 3 atom stereocenters. The number of carbonyl (C=O) groups excluding carboxylic acids is 1. The van der Waals surface area contributed by atoms with Crippen LogP contribution >= 0.6 is 0 Å². The van der Waals surface area contributed by atoms with E-state index in [2.05, 4.69) is 10.4 Å². The molecule has 25 heavy (non-hydrogen) atoms. The van der Waals surface area contributed by atoms with Crippen molar-refractivity contribution in [2.45, 2.75) is 32.2 Å². The summed E-state index contributed by atoms with van der Waals surface area (Å²) >= 11 is 0. The fourth-order valence-electron chi connectivity index (χ4n) is 3.58. The lowest BCUT2D eigenvalue weighted by Crippen LogP contribution is -2.28. The highest BCUT2D eigenvalue weighted by Gasteiger charge is 2.44. The van der Waals surface area contributed by atoms with Gasteiger partial charge in [0.1, 0.15) is 13.2 Å². The fraction of sp³-hybridized carbons (Fsp3) is 0.474. The first kappa shape index (κ1) is 16.0. The summed E-state index contributed by atoms with van der Waals surface area (Å²) in [6, 6.07) is 5.96. The maximum atomic E-state index is 12.6. The van der Waals surface area contributed by atoms with Crippen molar-refractivity contribution < 1.29 is 14.3 Å². The van der Waals surface area contributed by atoms with Crippen molar-refractivity contribution in [2.24, 2.45) is 13.0 Å². The molecular weight excluding hydrogens is 318 g/mol. The first-order valence-corrected chi connectivity index (χ1v) is 8.73. The Morgan fingerprint density at radius 2 is 2.08 bits per heavy atom. The van der Waals surface area contributed by atoms with Crippen LogP contribution in [0.15, 0.2) is 24.4 Å². The van der Waals surface area contributed by atoms with Gasteiger partial charge in [0, 0.05) is 24.7 Å². The third kappa shape index (κ3) is 3.08. The van der Waals surface area contributed by atoms with E-state index in [0.717, 1.165) is 34.7 Å². The third-order valence-electron chi connectivity index (χ3n) is 5.00. The van der Waals surface area contributed by atoms with E-state index in [1.807, 2.05) is 45.3 Å². The van der Waals surface area contributed by atoms with Crippen molar-refractivity contribution in [1.29, 1.82) is 0 Å². The van der Waals surface area contributed by atoms with Crippen LogP contribution in [0, 0.1) is 12.8 Å². The number of aromatic nitrogens is 2. The minimum Gasteiger partial charge on any atom is -0.486 e. The lowest BCUT2D eigenvalue weighted by atomic mass is 10.1. The SMILES string of the molecule is Cc1nn(C)cc1C(C)NC(=O)C1CC1c1ccc2c(c1)OCCO2. The number of nitrogens with one attached hydrogen (secondary N) is 1. The summed E-state index contributed by atoms with van der Waals surface area (Å²) in [4.78, 5) is 12.6. The first-order valence-electron chi connectivity index (χ1n) is 8.73. The second kappa shape index (κ2) is 6.10. The molecule has 6 heteroatoms. The van der Waals surface area contributed by atoms with E-state index in [0.29, 0.717) is 13.2 Å². The largest absolute Gasteiger partial charge is 0.486 e. The van der Waals surface area contributed by atoms with Gasteiger partial charge in [-0.3, -0.25) is 9.48 Å². The van der Waals surface area contributed by atoms with Gasteiger partial charge < -0.3 is 14.8 Å². The van der Waals surface area contributed by atoms with E-state index in [1.165, 1.54) is 0 Å². The average Bonchev–Trinajstić information content (AvgIpc) is 3.33. The minimum atomic E-state index is -0.0392. The summed E-state index contributed by atoms with van der Waals surface area (Å²) in [5.41, 5.74) is 3.16. The topological polar surface area (TPSA) is 65.4 Å². The summed E-state index contributed by atoms with van der Waals surface area (Å²) in [5, 5.41) is 7.47. The summed E-state index contributed by atoms with van der Waals surface area (Å²) < 4.78 is 13.0. The monoisotopic (exact) mass is 341 g/mol. The molecule has 3 unspecified atom stereocenters. The fourth-order valence-corrected chi connectivity index (χ4v) is 3.58. The molecule has 2 aliphatic rings. The molecule has 1 saturated carbocycles. The van der Waals surface area contributed by atoms with E-state index in [1.54, 1.807) is 4.68 Å². The standard InChI is InChI=1S/C19H23N3O3/c1-11(16-10-22(3)21-12(16)2)20-19(23)15-9-14(15)13-4-5-17-18(8-13)25-7-6-24-17/h4-5,8,10-11,14-15H,6-7,9H2,1-3H3,(H,20,23). The molecular formula is C19H23N3O3. The molecule has 1 aliphatic heterocycles. The molecule has 0 radical (unpaired) electrons. The van der Waals surface area contributed by atoms with Crippen molar-refractivity contribution in [3.63, 3.8) is 0 Å². The van der Waals surface area contributed by atoms with Crippen molar-refractivity contribution in [3.05, 3.63) is 41.2 Å². The number of benzene rings is 1. The zero-order valence-corrected chi connectivity index (χ0v) is 14.8. The molecule has 1 aliphatic carbocycles. The number of amides is 1. The number of aryl methyl sites for hydroxylation is 2. The molecule has 0 bridgehead atoms. The van der Waals surface area contributed by atoms with Gasteiger partial charge >= 0.3 is 0 Å². The number of nitrogens with zero attached hydrogens (tertiary/aromatic N) is 2. The lowest BCUT2D eigenvalue weighted by Gasteiger charge is -2.19. The van der Waals surface area contributed by atoms with Gasteiger partial charge in [0.15, 0.2) is 11.5 Å². The van der Waals surface area contributed by atoms with Gasteiger partial charge in [-0.1, -0.05) is 6.07 Å². The van der Waals surface area contributed by atoms with Crippen molar-refractivity contribution >= 4 is 5.91 Å². The summed E-state index contributed by atoms with van der Waals surface area (Å²) in [7, 11) is 1.89. The molecule has 6 nitrogen and oxygen atoms in total. The Balaban J connectivity index is 1.41. The van der Waals surface area contributed by atoms with Crippen LogP contribution in [-0.2, 0) is 11.8 Å². The van der Waals surface area contributed by atoms with E-state index in [4.69, 9.17) is 9.47 Å². The van der Waals surface area contributed by atoms with Crippen LogP contribution in [0.3, 0.4) is 0 Å². The smallest absolute Gasteiger partial charge is 0.224 e. The molecule has 1 amide bonds. The number of carbonyl (C=O) groups is 1. The molecule has 2 aromatic rings. The molecule has 132 valence electrons. The Morgan fingerprint density at radius 3 is 2.80 bits per heavy atom. The maximum absolute atomic E-state index is 12.6.